The lowest BCUT2D eigenvalue weighted by Gasteiger charge is -2.19. The molecule has 0 saturated heterocycles. The normalized spacial score (nSPS) is 11.2. The molecule has 0 amide bonds. The average molecular weight is 238 g/mol. The second-order valence-corrected chi connectivity index (χ2v) is 3.48. The molecule has 6 heteroatoms. The van der Waals surface area contributed by atoms with Crippen LogP contribution in [0.5, 0.6) is 0 Å². The molecular weight excluding hydrogens is 212 g/mol. The number of hydrogen-bond donors (Lipinski definition) is 0. The van der Waals surface area contributed by atoms with Gasteiger partial charge in [-0.2, -0.15) is 0 Å². The summed E-state index contributed by atoms with van der Waals surface area (Å²) in [5, 5.41) is 0. The molecule has 0 fully saturated rings. The van der Waals surface area contributed by atoms with Gasteiger partial charge in [-0.25, -0.2) is 0 Å². The van der Waals surface area contributed by atoms with Crippen molar-refractivity contribution in [1.82, 2.24) is 9.80 Å². The van der Waals surface area contributed by atoms with E-state index in [9.17, 15) is 0 Å². The van der Waals surface area contributed by atoms with Crippen LogP contribution in [0.2, 0.25) is 0 Å². The van der Waals surface area contributed by atoms with Gasteiger partial charge in [0, 0.05) is 28.4 Å². The van der Waals surface area contributed by atoms with Gasteiger partial charge in [0.2, 0.25) is 12.8 Å². The van der Waals surface area contributed by atoms with Gasteiger partial charge in [0.15, 0.2) is 0 Å². The highest BCUT2D eigenvalue weighted by Gasteiger charge is 2.05. The van der Waals surface area contributed by atoms with Crippen LogP contribution in [-0.4, -0.2) is 79.3 Å². The van der Waals surface area contributed by atoms with Gasteiger partial charge in [-0.05, 0) is 28.2 Å². The Balaban J connectivity index is 0. The zero-order valence-corrected chi connectivity index (χ0v) is 11.7. The largest absolute Gasteiger partial charge is 0.343 e. The Kier molecular flexibility index (Phi) is 12.8. The van der Waals surface area contributed by atoms with Crippen LogP contribution in [0.4, 0.5) is 0 Å². The molecule has 0 radical (unpaired) electrons. The van der Waals surface area contributed by atoms with Crippen molar-refractivity contribution < 1.29 is 18.9 Å². The van der Waals surface area contributed by atoms with Crippen LogP contribution in [0.25, 0.3) is 0 Å². The number of hydrogen-bond acceptors (Lipinski definition) is 6. The number of nitrogens with zero attached hydrogens (tertiary/aromatic N) is 2. The van der Waals surface area contributed by atoms with Crippen molar-refractivity contribution >= 4 is 0 Å². The molecule has 0 unspecified atom stereocenters. The summed E-state index contributed by atoms with van der Waals surface area (Å²) in [4.78, 5) is 3.67. The highest BCUT2D eigenvalue weighted by Crippen LogP contribution is 1.92. The predicted octanol–water partition coefficient (Wildman–Crippen LogP) is 0.249. The maximum atomic E-state index is 4.86. The van der Waals surface area contributed by atoms with E-state index in [1.165, 1.54) is 0 Å². The van der Waals surface area contributed by atoms with Crippen LogP contribution >= 0.6 is 0 Å². The monoisotopic (exact) mass is 238 g/mol. The zero-order valence-electron chi connectivity index (χ0n) is 11.7. The first-order valence-electron chi connectivity index (χ1n) is 4.88. The zero-order chi connectivity index (χ0) is 13.1. The highest BCUT2D eigenvalue weighted by molar-refractivity contribution is 4.33. The molecule has 0 atom stereocenters. The van der Waals surface area contributed by atoms with E-state index in [0.717, 1.165) is 0 Å². The third kappa shape index (κ3) is 9.02. The van der Waals surface area contributed by atoms with E-state index in [0.29, 0.717) is 0 Å². The fourth-order valence-corrected chi connectivity index (χ4v) is 1.04. The minimum absolute atomic E-state index is 0.213. The molecular formula is C10H26N2O4. The maximum Gasteiger partial charge on any atom is 0.217 e. The van der Waals surface area contributed by atoms with E-state index in [1.807, 2.05) is 38.0 Å². The lowest BCUT2D eigenvalue weighted by Crippen LogP contribution is -2.30. The first-order chi connectivity index (χ1) is 7.44. The fraction of sp³-hybridized carbons (Fsp3) is 1.00. The average Bonchev–Trinajstić information content (AvgIpc) is 2.21. The molecule has 16 heavy (non-hydrogen) atoms. The van der Waals surface area contributed by atoms with Gasteiger partial charge in [-0.1, -0.05) is 0 Å². The second-order valence-electron chi connectivity index (χ2n) is 3.48. The fourth-order valence-electron chi connectivity index (χ4n) is 1.04. The van der Waals surface area contributed by atoms with Gasteiger partial charge < -0.3 is 18.9 Å². The quantitative estimate of drug-likeness (QED) is 0.618. The summed E-state index contributed by atoms with van der Waals surface area (Å²) in [5.41, 5.74) is 0. The Morgan fingerprint density at radius 2 is 0.750 bits per heavy atom. The van der Waals surface area contributed by atoms with Crippen LogP contribution in [0.3, 0.4) is 0 Å². The Hall–Kier alpha value is -0.240. The summed E-state index contributed by atoms with van der Waals surface area (Å²) in [5.74, 6) is 0. The summed E-state index contributed by atoms with van der Waals surface area (Å²) in [6, 6.07) is 0. The van der Waals surface area contributed by atoms with Crippen LogP contribution in [0.1, 0.15) is 0 Å². The van der Waals surface area contributed by atoms with Crippen LogP contribution in [-0.2, 0) is 18.9 Å². The number of ether oxygens (including phenoxy) is 4. The van der Waals surface area contributed by atoms with E-state index in [1.54, 1.807) is 28.4 Å². The molecule has 0 aliphatic heterocycles. The molecule has 0 aromatic carbocycles. The summed E-state index contributed by atoms with van der Waals surface area (Å²) >= 11 is 0. The molecule has 0 aromatic heterocycles. The summed E-state index contributed by atoms with van der Waals surface area (Å²) in [6.07, 6.45) is -0.426. The van der Waals surface area contributed by atoms with Crippen molar-refractivity contribution in [2.75, 3.05) is 56.6 Å². The molecule has 0 rings (SSSR count). The van der Waals surface area contributed by atoms with Crippen molar-refractivity contribution in [3.05, 3.63) is 0 Å². The molecule has 100 valence electrons. The second kappa shape index (κ2) is 11.3. The SMILES string of the molecule is COC(OC)N(C)C.COC(OC)N(C)C. The van der Waals surface area contributed by atoms with E-state index in [2.05, 4.69) is 0 Å². The van der Waals surface area contributed by atoms with Crippen LogP contribution < -0.4 is 0 Å². The highest BCUT2D eigenvalue weighted by atomic mass is 16.7. The van der Waals surface area contributed by atoms with Gasteiger partial charge in [0.05, 0.1) is 0 Å². The first kappa shape index (κ1) is 18.1. The van der Waals surface area contributed by atoms with Gasteiger partial charge in [0.1, 0.15) is 0 Å². The van der Waals surface area contributed by atoms with Crippen molar-refractivity contribution in [3.63, 3.8) is 0 Å². The lowest BCUT2D eigenvalue weighted by atomic mass is 10.8. The molecule has 0 aromatic rings. The topological polar surface area (TPSA) is 43.4 Å². The number of rotatable bonds is 6. The molecule has 0 heterocycles. The first-order valence-corrected chi connectivity index (χ1v) is 4.88. The molecule has 0 N–H and O–H groups in total. The third-order valence-electron chi connectivity index (χ3n) is 1.65. The molecule has 0 saturated carbocycles. The van der Waals surface area contributed by atoms with Crippen LogP contribution in [0.15, 0.2) is 0 Å². The lowest BCUT2D eigenvalue weighted by molar-refractivity contribution is -0.179. The Labute approximate surface area is 99.0 Å². The third-order valence-corrected chi connectivity index (χ3v) is 1.65. The maximum absolute atomic E-state index is 4.86. The summed E-state index contributed by atoms with van der Waals surface area (Å²) in [6.45, 7) is 0. The van der Waals surface area contributed by atoms with Gasteiger partial charge in [-0.15, -0.1) is 0 Å². The summed E-state index contributed by atoms with van der Waals surface area (Å²) in [7, 11) is 14.0. The molecule has 0 aliphatic rings. The Morgan fingerprint density at radius 1 is 0.562 bits per heavy atom. The standard InChI is InChI=1S/2C5H13NO2/c2*1-6(2)5(7-3)8-4/h2*5H,1-4H3. The molecule has 0 bridgehead atoms. The van der Waals surface area contributed by atoms with Gasteiger partial charge >= 0.3 is 0 Å². The predicted molar refractivity (Wildman–Crippen MR) is 63.0 cm³/mol. The summed E-state index contributed by atoms with van der Waals surface area (Å²) < 4.78 is 19.5. The van der Waals surface area contributed by atoms with Crippen molar-refractivity contribution in [1.29, 1.82) is 0 Å². The van der Waals surface area contributed by atoms with Gasteiger partial charge in [0.25, 0.3) is 0 Å². The van der Waals surface area contributed by atoms with Crippen LogP contribution in [0, 0.1) is 0 Å². The van der Waals surface area contributed by atoms with Crippen molar-refractivity contribution in [3.8, 4) is 0 Å². The van der Waals surface area contributed by atoms with E-state index in [-0.39, 0.29) is 12.8 Å². The Morgan fingerprint density at radius 3 is 0.750 bits per heavy atom. The van der Waals surface area contributed by atoms with E-state index < -0.39 is 0 Å². The molecule has 6 nitrogen and oxygen atoms in total. The van der Waals surface area contributed by atoms with Gasteiger partial charge in [-0.3, -0.25) is 9.80 Å². The molecule has 0 aliphatic carbocycles. The smallest absolute Gasteiger partial charge is 0.217 e. The number of methoxy groups -OCH3 is 4. The minimum Gasteiger partial charge on any atom is -0.343 e. The molecule has 0 spiro atoms. The van der Waals surface area contributed by atoms with Crippen molar-refractivity contribution in [2.24, 2.45) is 0 Å². The minimum atomic E-state index is -0.213. The Bertz CT molecular complexity index is 121. The van der Waals surface area contributed by atoms with E-state index in [4.69, 9.17) is 18.9 Å². The van der Waals surface area contributed by atoms with Crippen molar-refractivity contribution in [2.45, 2.75) is 12.8 Å². The van der Waals surface area contributed by atoms with E-state index >= 15 is 0 Å².